The third-order valence-corrected chi connectivity index (χ3v) is 7.82. The Morgan fingerprint density at radius 3 is 2.33 bits per heavy atom. The monoisotopic (exact) mass is 508 g/mol. The molecule has 3 aromatic rings. The first-order valence-corrected chi connectivity index (χ1v) is 13.1. The molecular formula is C27H32N4O4S. The first-order chi connectivity index (χ1) is 17.1. The predicted molar refractivity (Wildman–Crippen MR) is 142 cm³/mol. The Morgan fingerprint density at radius 2 is 1.78 bits per heavy atom. The molecule has 2 aromatic heterocycles. The Kier molecular flexibility index (Phi) is 7.59. The van der Waals surface area contributed by atoms with E-state index in [1.807, 2.05) is 26.0 Å². The van der Waals surface area contributed by atoms with Gasteiger partial charge in [0.2, 0.25) is 5.91 Å². The summed E-state index contributed by atoms with van der Waals surface area (Å²) in [7, 11) is 1.75. The average Bonchev–Trinajstić information content (AvgIpc) is 3.47. The number of amides is 2. The molecular weight excluding hydrogens is 476 g/mol. The van der Waals surface area contributed by atoms with E-state index < -0.39 is 5.97 Å². The second-order valence-electron chi connectivity index (χ2n) is 9.80. The number of rotatable bonds is 7. The van der Waals surface area contributed by atoms with Crippen molar-refractivity contribution < 1.29 is 19.5 Å². The number of nitrogens with zero attached hydrogens (tertiary/aromatic N) is 3. The number of thiophene rings is 1. The third kappa shape index (κ3) is 5.51. The SMILES string of the molecule is CC(C)N(c1cc(-c2ccc(NC(=O)c3ccn(C)n3)cc2)sc1C(=O)O)C(=O)[C@H]1CC[C@H](C)CC1. The fourth-order valence-electron chi connectivity index (χ4n) is 4.66. The summed E-state index contributed by atoms with van der Waals surface area (Å²) in [5.74, 6) is -0.790. The average molecular weight is 509 g/mol. The van der Waals surface area contributed by atoms with Crippen LogP contribution in [0.1, 0.15) is 66.6 Å². The molecule has 0 spiro atoms. The number of nitrogens with one attached hydrogen (secondary N) is 1. The minimum Gasteiger partial charge on any atom is -0.477 e. The molecule has 190 valence electrons. The maximum atomic E-state index is 13.5. The van der Waals surface area contributed by atoms with Crippen LogP contribution in [0.2, 0.25) is 0 Å². The van der Waals surface area contributed by atoms with Crippen molar-refractivity contribution in [2.45, 2.75) is 52.5 Å². The van der Waals surface area contributed by atoms with Gasteiger partial charge in [-0.2, -0.15) is 5.10 Å². The molecule has 2 N–H and O–H groups in total. The molecule has 0 aliphatic heterocycles. The lowest BCUT2D eigenvalue weighted by atomic mass is 9.82. The molecule has 1 aliphatic rings. The summed E-state index contributed by atoms with van der Waals surface area (Å²) in [4.78, 5) is 40.6. The second kappa shape index (κ2) is 10.7. The lowest BCUT2D eigenvalue weighted by Crippen LogP contribution is -2.42. The van der Waals surface area contributed by atoms with Gasteiger partial charge in [-0.25, -0.2) is 4.79 Å². The van der Waals surface area contributed by atoms with Crippen molar-refractivity contribution in [1.29, 1.82) is 0 Å². The van der Waals surface area contributed by atoms with Crippen molar-refractivity contribution in [3.63, 3.8) is 0 Å². The lowest BCUT2D eigenvalue weighted by Gasteiger charge is -2.33. The lowest BCUT2D eigenvalue weighted by molar-refractivity contribution is -0.123. The fraction of sp³-hybridized carbons (Fsp3) is 0.407. The Morgan fingerprint density at radius 1 is 1.11 bits per heavy atom. The van der Waals surface area contributed by atoms with Crippen LogP contribution in [0.4, 0.5) is 11.4 Å². The van der Waals surface area contributed by atoms with E-state index in [0.29, 0.717) is 23.0 Å². The van der Waals surface area contributed by atoms with E-state index in [0.717, 1.165) is 47.5 Å². The molecule has 1 saturated carbocycles. The predicted octanol–water partition coefficient (Wildman–Crippen LogP) is 5.67. The van der Waals surface area contributed by atoms with Gasteiger partial charge >= 0.3 is 5.97 Å². The van der Waals surface area contributed by atoms with Crippen LogP contribution in [0.25, 0.3) is 10.4 Å². The zero-order chi connectivity index (χ0) is 26.0. The van der Waals surface area contributed by atoms with Gasteiger partial charge in [-0.3, -0.25) is 14.3 Å². The number of carboxylic acids is 1. The fourth-order valence-corrected chi connectivity index (χ4v) is 5.65. The van der Waals surface area contributed by atoms with Crippen LogP contribution >= 0.6 is 11.3 Å². The van der Waals surface area contributed by atoms with Gasteiger partial charge in [0.05, 0.1) is 5.69 Å². The first kappa shape index (κ1) is 25.6. The second-order valence-corrected chi connectivity index (χ2v) is 10.8. The number of aryl methyl sites for hydroxylation is 1. The van der Waals surface area contributed by atoms with E-state index in [-0.39, 0.29) is 28.7 Å². The number of carboxylic acid groups (broad SMARTS) is 1. The molecule has 1 aromatic carbocycles. The van der Waals surface area contributed by atoms with Crippen molar-refractivity contribution in [2.24, 2.45) is 18.9 Å². The zero-order valence-corrected chi connectivity index (χ0v) is 21.8. The van der Waals surface area contributed by atoms with Crippen molar-refractivity contribution >= 4 is 40.5 Å². The molecule has 0 atom stereocenters. The third-order valence-electron chi connectivity index (χ3n) is 6.66. The topological polar surface area (TPSA) is 105 Å². The number of benzene rings is 1. The molecule has 0 bridgehead atoms. The first-order valence-electron chi connectivity index (χ1n) is 12.3. The molecule has 0 unspecified atom stereocenters. The van der Waals surface area contributed by atoms with Crippen LogP contribution < -0.4 is 10.2 Å². The summed E-state index contributed by atoms with van der Waals surface area (Å²) in [6.07, 6.45) is 5.42. The van der Waals surface area contributed by atoms with Gasteiger partial charge in [0.15, 0.2) is 5.69 Å². The van der Waals surface area contributed by atoms with E-state index in [2.05, 4.69) is 17.3 Å². The van der Waals surface area contributed by atoms with E-state index in [1.165, 1.54) is 0 Å². The number of carbonyl (C=O) groups is 3. The minimum atomic E-state index is -1.05. The quantitative estimate of drug-likeness (QED) is 0.428. The van der Waals surface area contributed by atoms with E-state index >= 15 is 0 Å². The minimum absolute atomic E-state index is 0.0105. The molecule has 1 aliphatic carbocycles. The summed E-state index contributed by atoms with van der Waals surface area (Å²) < 4.78 is 1.56. The highest BCUT2D eigenvalue weighted by molar-refractivity contribution is 7.18. The van der Waals surface area contributed by atoms with Crippen molar-refractivity contribution in [2.75, 3.05) is 10.2 Å². The van der Waals surface area contributed by atoms with E-state index in [4.69, 9.17) is 0 Å². The number of hydrogen-bond acceptors (Lipinski definition) is 5. The Bertz CT molecular complexity index is 1250. The molecule has 2 heterocycles. The number of carbonyl (C=O) groups excluding carboxylic acids is 2. The van der Waals surface area contributed by atoms with Crippen LogP contribution in [-0.4, -0.2) is 38.7 Å². The van der Waals surface area contributed by atoms with Crippen LogP contribution in [-0.2, 0) is 11.8 Å². The van der Waals surface area contributed by atoms with Gasteiger partial charge in [0.25, 0.3) is 5.91 Å². The van der Waals surface area contributed by atoms with Gasteiger partial charge in [0, 0.05) is 35.8 Å². The van der Waals surface area contributed by atoms with Crippen molar-refractivity contribution in [3.05, 3.63) is 53.2 Å². The van der Waals surface area contributed by atoms with Crippen molar-refractivity contribution in [3.8, 4) is 10.4 Å². The van der Waals surface area contributed by atoms with Gasteiger partial charge in [-0.1, -0.05) is 19.1 Å². The van der Waals surface area contributed by atoms with Gasteiger partial charge in [0.1, 0.15) is 4.88 Å². The van der Waals surface area contributed by atoms with Crippen LogP contribution in [0.15, 0.2) is 42.6 Å². The highest BCUT2D eigenvalue weighted by Crippen LogP contribution is 2.40. The molecule has 4 rings (SSSR count). The van der Waals surface area contributed by atoms with E-state index in [1.54, 1.807) is 47.1 Å². The number of anilines is 2. The summed E-state index contributed by atoms with van der Waals surface area (Å²) >= 11 is 1.16. The summed E-state index contributed by atoms with van der Waals surface area (Å²) in [5, 5.41) is 16.9. The standard InChI is InChI=1S/C27H32N4O4S/c1-16(2)31(26(33)19-7-5-17(3)6-8-19)22-15-23(36-24(22)27(34)35)18-9-11-20(12-10-18)28-25(32)21-13-14-30(4)29-21/h9-17,19H,5-8H2,1-4H3,(H,28,32)(H,34,35)/t17-,19-. The van der Waals surface area contributed by atoms with Crippen molar-refractivity contribution in [1.82, 2.24) is 9.78 Å². The number of aromatic nitrogens is 2. The molecule has 0 radical (unpaired) electrons. The number of aromatic carboxylic acids is 1. The molecule has 8 nitrogen and oxygen atoms in total. The normalized spacial score (nSPS) is 17.7. The van der Waals surface area contributed by atoms with Gasteiger partial charge in [-0.05, 0) is 75.3 Å². The Balaban J connectivity index is 1.58. The molecule has 1 fully saturated rings. The summed E-state index contributed by atoms with van der Waals surface area (Å²) in [5.41, 5.74) is 2.19. The van der Waals surface area contributed by atoms with Crippen LogP contribution in [0.3, 0.4) is 0 Å². The zero-order valence-electron chi connectivity index (χ0n) is 21.0. The highest BCUT2D eigenvalue weighted by Gasteiger charge is 2.33. The van der Waals surface area contributed by atoms with Crippen LogP contribution in [0, 0.1) is 11.8 Å². The molecule has 9 heteroatoms. The van der Waals surface area contributed by atoms with E-state index in [9.17, 15) is 19.5 Å². The maximum absolute atomic E-state index is 13.5. The maximum Gasteiger partial charge on any atom is 0.348 e. The Hall–Kier alpha value is -3.46. The van der Waals surface area contributed by atoms with Crippen LogP contribution in [0.5, 0.6) is 0 Å². The largest absolute Gasteiger partial charge is 0.477 e. The highest BCUT2D eigenvalue weighted by atomic mass is 32.1. The Labute approximate surface area is 214 Å². The molecule has 36 heavy (non-hydrogen) atoms. The van der Waals surface area contributed by atoms with Gasteiger partial charge in [-0.15, -0.1) is 11.3 Å². The molecule has 2 amide bonds. The van der Waals surface area contributed by atoms with Gasteiger partial charge < -0.3 is 15.3 Å². The summed E-state index contributed by atoms with van der Waals surface area (Å²) in [6.45, 7) is 6.06. The summed E-state index contributed by atoms with van der Waals surface area (Å²) in [6, 6.07) is 10.5. The molecule has 0 saturated heterocycles. The smallest absolute Gasteiger partial charge is 0.348 e. The number of hydrogen-bond donors (Lipinski definition) is 2.